The van der Waals surface area contributed by atoms with Crippen LogP contribution in [0.5, 0.6) is 5.75 Å². The molecule has 2 saturated carbocycles. The van der Waals surface area contributed by atoms with Crippen molar-refractivity contribution < 1.29 is 40.6 Å². The van der Waals surface area contributed by atoms with Crippen molar-refractivity contribution in [1.29, 1.82) is 0 Å². The lowest BCUT2D eigenvalue weighted by molar-refractivity contribution is -0.222. The third-order valence-electron chi connectivity index (χ3n) is 9.03. The van der Waals surface area contributed by atoms with Crippen LogP contribution in [0.3, 0.4) is 0 Å². The second kappa shape index (κ2) is 11.9. The number of halogens is 6. The molecule has 1 heterocycles. The molecule has 2 aromatic carbocycles. The Balaban J connectivity index is 1.13. The topological polar surface area (TPSA) is 27.7 Å². The third-order valence-corrected chi connectivity index (χ3v) is 9.03. The number of hydrogen-bond acceptors (Lipinski definition) is 3. The fourth-order valence-corrected chi connectivity index (χ4v) is 6.45. The number of benzene rings is 2. The van der Waals surface area contributed by atoms with E-state index in [1.54, 1.807) is 12.1 Å². The number of ether oxygens (including phenoxy) is 3. The lowest BCUT2D eigenvalue weighted by Gasteiger charge is -2.37. The molecule has 3 nitrogen and oxygen atoms in total. The predicted octanol–water partition coefficient (Wildman–Crippen LogP) is 9.28. The van der Waals surface area contributed by atoms with Gasteiger partial charge in [0.05, 0.1) is 24.7 Å². The second-order valence-corrected chi connectivity index (χ2v) is 11.8. The van der Waals surface area contributed by atoms with Gasteiger partial charge in [-0.3, -0.25) is 0 Å². The molecule has 0 bridgehead atoms. The van der Waals surface area contributed by atoms with E-state index in [4.69, 9.17) is 14.2 Å². The van der Waals surface area contributed by atoms with Gasteiger partial charge in [0, 0.05) is 11.5 Å². The Morgan fingerprint density at radius 3 is 1.95 bits per heavy atom. The summed E-state index contributed by atoms with van der Waals surface area (Å²) in [5, 5.41) is 0. The smallest absolute Gasteiger partial charge is 0.416 e. The number of hydrogen-bond donors (Lipinski definition) is 0. The molecule has 3 aliphatic rings. The molecule has 3 fully saturated rings. The van der Waals surface area contributed by atoms with Crippen LogP contribution in [0.2, 0.25) is 0 Å². The van der Waals surface area contributed by atoms with Crippen LogP contribution in [0.15, 0.2) is 42.5 Å². The molecule has 2 aliphatic carbocycles. The maximum atomic E-state index is 15.2. The average molecular weight is 571 g/mol. The van der Waals surface area contributed by atoms with Gasteiger partial charge in [-0.05, 0) is 92.2 Å². The number of rotatable bonds is 6. The van der Waals surface area contributed by atoms with Gasteiger partial charge in [-0.1, -0.05) is 31.9 Å². The van der Waals surface area contributed by atoms with Crippen LogP contribution >= 0.6 is 0 Å². The highest BCUT2D eigenvalue weighted by molar-refractivity contribution is 5.30. The van der Waals surface area contributed by atoms with Gasteiger partial charge >= 0.3 is 12.3 Å². The fourth-order valence-electron chi connectivity index (χ4n) is 6.45. The minimum atomic E-state index is -4.56. The van der Waals surface area contributed by atoms with Gasteiger partial charge in [-0.15, -0.1) is 0 Å². The van der Waals surface area contributed by atoms with E-state index in [1.165, 1.54) is 31.7 Å². The first-order chi connectivity index (χ1) is 19.0. The van der Waals surface area contributed by atoms with Gasteiger partial charge < -0.3 is 14.2 Å². The van der Waals surface area contributed by atoms with Gasteiger partial charge in [0.2, 0.25) is 0 Å². The number of alkyl halides is 5. The minimum Gasteiger partial charge on any atom is -0.432 e. The molecule has 0 unspecified atom stereocenters. The first-order valence-electron chi connectivity index (χ1n) is 14.3. The van der Waals surface area contributed by atoms with Crippen molar-refractivity contribution in [2.24, 2.45) is 23.7 Å². The Labute approximate surface area is 231 Å². The van der Waals surface area contributed by atoms with Gasteiger partial charge in [-0.2, -0.15) is 22.0 Å². The summed E-state index contributed by atoms with van der Waals surface area (Å²) >= 11 is 0. The van der Waals surface area contributed by atoms with Crippen LogP contribution in [0.1, 0.15) is 87.2 Å². The molecule has 0 atom stereocenters. The highest BCUT2D eigenvalue weighted by Crippen LogP contribution is 2.44. The van der Waals surface area contributed by atoms with E-state index in [0.29, 0.717) is 61.2 Å². The molecular weight excluding hydrogens is 534 g/mol. The molecule has 0 radical (unpaired) electrons. The van der Waals surface area contributed by atoms with Gasteiger partial charge in [0.15, 0.2) is 6.29 Å². The van der Waals surface area contributed by atoms with E-state index >= 15 is 4.39 Å². The summed E-state index contributed by atoms with van der Waals surface area (Å²) in [6.07, 6.45) is -2.92. The molecule has 0 amide bonds. The molecule has 0 aromatic heterocycles. The zero-order valence-electron chi connectivity index (χ0n) is 22.6. The SMILES string of the molecule is CC1CCC(C2COC(c3ccc(C4CCC(C(F)(F)Oc5ccc(C(F)(F)F)cc5)CC4)c(F)c3)OC2)CC1. The largest absolute Gasteiger partial charge is 0.432 e. The van der Waals surface area contributed by atoms with Crippen molar-refractivity contribution in [3.63, 3.8) is 0 Å². The van der Waals surface area contributed by atoms with E-state index in [1.807, 2.05) is 0 Å². The zero-order chi connectivity index (χ0) is 28.5. The molecule has 2 aromatic rings. The van der Waals surface area contributed by atoms with E-state index in [2.05, 4.69) is 6.92 Å². The van der Waals surface area contributed by atoms with Crippen molar-refractivity contribution in [3.05, 3.63) is 65.0 Å². The normalized spacial score (nSPS) is 30.2. The van der Waals surface area contributed by atoms with Crippen LogP contribution in [-0.2, 0) is 15.7 Å². The van der Waals surface area contributed by atoms with Crippen molar-refractivity contribution in [2.45, 2.75) is 82.8 Å². The van der Waals surface area contributed by atoms with Gasteiger partial charge in [0.1, 0.15) is 11.6 Å². The Bertz CT molecular complexity index is 1110. The summed E-state index contributed by atoms with van der Waals surface area (Å²) in [5.41, 5.74) is 0.165. The van der Waals surface area contributed by atoms with E-state index < -0.39 is 35.9 Å². The van der Waals surface area contributed by atoms with Crippen molar-refractivity contribution in [3.8, 4) is 5.75 Å². The molecule has 9 heteroatoms. The maximum Gasteiger partial charge on any atom is 0.416 e. The van der Waals surface area contributed by atoms with Crippen molar-refractivity contribution >= 4 is 0 Å². The minimum absolute atomic E-state index is 0.107. The summed E-state index contributed by atoms with van der Waals surface area (Å²) in [7, 11) is 0. The zero-order valence-corrected chi connectivity index (χ0v) is 22.6. The standard InChI is InChI=1S/C31H36F6O3/c1-19-2-4-20(5-3-19)23-17-38-29(39-18-23)22-8-15-27(28(32)16-22)21-6-9-25(10-7-21)31(36,37)40-26-13-11-24(12-14-26)30(33,34)35/h8,11-16,19-21,23,25,29H,2-7,9-10,17-18H2,1H3. The summed E-state index contributed by atoms with van der Waals surface area (Å²) < 4.78 is 99.7. The molecule has 1 saturated heterocycles. The summed E-state index contributed by atoms with van der Waals surface area (Å²) in [4.78, 5) is 0. The predicted molar refractivity (Wildman–Crippen MR) is 137 cm³/mol. The molecule has 220 valence electrons. The van der Waals surface area contributed by atoms with Crippen LogP contribution < -0.4 is 4.74 Å². The lowest BCUT2D eigenvalue weighted by atomic mass is 9.76. The third kappa shape index (κ3) is 6.78. The molecule has 5 rings (SSSR count). The van der Waals surface area contributed by atoms with Crippen LogP contribution in [0.4, 0.5) is 26.3 Å². The summed E-state index contributed by atoms with van der Waals surface area (Å²) in [6, 6.07) is 8.15. The summed E-state index contributed by atoms with van der Waals surface area (Å²) in [5.74, 6) is -0.291. The van der Waals surface area contributed by atoms with E-state index in [9.17, 15) is 22.0 Å². The van der Waals surface area contributed by atoms with E-state index in [-0.39, 0.29) is 24.5 Å². The first kappa shape index (κ1) is 29.2. The van der Waals surface area contributed by atoms with Crippen molar-refractivity contribution in [1.82, 2.24) is 0 Å². The second-order valence-electron chi connectivity index (χ2n) is 11.8. The van der Waals surface area contributed by atoms with Gasteiger partial charge in [-0.25, -0.2) is 4.39 Å². The average Bonchev–Trinajstić information content (AvgIpc) is 2.93. The van der Waals surface area contributed by atoms with Crippen LogP contribution in [0, 0.1) is 29.5 Å². The maximum absolute atomic E-state index is 15.2. The first-order valence-corrected chi connectivity index (χ1v) is 14.3. The summed E-state index contributed by atoms with van der Waals surface area (Å²) in [6.45, 7) is 3.49. The lowest BCUT2D eigenvalue weighted by Crippen LogP contribution is -2.37. The van der Waals surface area contributed by atoms with Crippen LogP contribution in [0.25, 0.3) is 0 Å². The van der Waals surface area contributed by atoms with E-state index in [0.717, 1.165) is 18.1 Å². The Morgan fingerprint density at radius 2 is 1.38 bits per heavy atom. The Kier molecular flexibility index (Phi) is 8.72. The quantitative estimate of drug-likeness (QED) is 0.324. The van der Waals surface area contributed by atoms with Crippen LogP contribution in [-0.4, -0.2) is 19.3 Å². The fraction of sp³-hybridized carbons (Fsp3) is 0.613. The molecule has 0 N–H and O–H groups in total. The Morgan fingerprint density at radius 1 is 0.750 bits per heavy atom. The monoisotopic (exact) mass is 570 g/mol. The molecule has 1 aliphatic heterocycles. The highest BCUT2D eigenvalue weighted by Gasteiger charge is 2.44. The molecular formula is C31H36F6O3. The van der Waals surface area contributed by atoms with Gasteiger partial charge in [0.25, 0.3) is 0 Å². The Hall–Kier alpha value is -2.26. The van der Waals surface area contributed by atoms with Crippen molar-refractivity contribution in [2.75, 3.05) is 13.2 Å². The molecule has 40 heavy (non-hydrogen) atoms. The highest BCUT2D eigenvalue weighted by atomic mass is 19.4. The molecule has 0 spiro atoms.